The van der Waals surface area contributed by atoms with Crippen molar-refractivity contribution >= 4 is 17.2 Å². The predicted octanol–water partition coefficient (Wildman–Crippen LogP) is 4.33. The Morgan fingerprint density at radius 2 is 1.84 bits per heavy atom. The van der Waals surface area contributed by atoms with Gasteiger partial charge >= 0.3 is 0 Å². The lowest BCUT2D eigenvalue weighted by Crippen LogP contribution is -2.38. The zero-order valence-corrected chi connectivity index (χ0v) is 18.3. The van der Waals surface area contributed by atoms with Crippen LogP contribution in [0.4, 0.5) is 15.8 Å². The highest BCUT2D eigenvalue weighted by molar-refractivity contribution is 5.88. The Hall–Kier alpha value is -3.27. The summed E-state index contributed by atoms with van der Waals surface area (Å²) >= 11 is 0. The maximum atomic E-state index is 14.3. The van der Waals surface area contributed by atoms with E-state index in [1.165, 1.54) is 6.07 Å². The van der Waals surface area contributed by atoms with Crippen LogP contribution in [0.5, 0.6) is 11.5 Å². The molecule has 2 heterocycles. The van der Waals surface area contributed by atoms with E-state index in [1.807, 2.05) is 41.0 Å². The molecular weight excluding hydrogens is 409 g/mol. The van der Waals surface area contributed by atoms with Gasteiger partial charge in [-0.3, -0.25) is 4.79 Å². The zero-order valence-electron chi connectivity index (χ0n) is 18.3. The number of anilines is 2. The average molecular weight is 438 g/mol. The minimum Gasteiger partial charge on any atom is -0.494 e. The molecular formula is C25H28FN3O3. The van der Waals surface area contributed by atoms with Crippen LogP contribution in [-0.2, 0) is 4.79 Å². The first-order valence-electron chi connectivity index (χ1n) is 11.2. The third-order valence-electron chi connectivity index (χ3n) is 6.06. The molecule has 2 aliphatic rings. The highest BCUT2D eigenvalue weighted by Gasteiger charge is 2.30. The Labute approximate surface area is 188 Å². The summed E-state index contributed by atoms with van der Waals surface area (Å²) in [6, 6.07) is 14.7. The Morgan fingerprint density at radius 3 is 2.53 bits per heavy atom. The Morgan fingerprint density at radius 1 is 1.12 bits per heavy atom. The van der Waals surface area contributed by atoms with Crippen LogP contribution in [0, 0.1) is 17.1 Å². The quantitative estimate of drug-likeness (QED) is 0.642. The van der Waals surface area contributed by atoms with Gasteiger partial charge < -0.3 is 19.3 Å². The molecule has 0 N–H and O–H groups in total. The van der Waals surface area contributed by atoms with Crippen molar-refractivity contribution in [1.29, 1.82) is 5.26 Å². The van der Waals surface area contributed by atoms with E-state index in [0.717, 1.165) is 24.3 Å². The number of carbonyl (C=O) groups is 1. The fourth-order valence-corrected chi connectivity index (χ4v) is 4.46. The molecule has 2 saturated heterocycles. The molecule has 2 aromatic carbocycles. The first-order chi connectivity index (χ1) is 15.6. The van der Waals surface area contributed by atoms with Crippen molar-refractivity contribution in [3.8, 4) is 17.6 Å². The van der Waals surface area contributed by atoms with Gasteiger partial charge in [0.25, 0.3) is 0 Å². The van der Waals surface area contributed by atoms with Crippen molar-refractivity contribution in [2.24, 2.45) is 0 Å². The van der Waals surface area contributed by atoms with Gasteiger partial charge in [-0.05, 0) is 43.3 Å². The largest absolute Gasteiger partial charge is 0.494 e. The summed E-state index contributed by atoms with van der Waals surface area (Å²) in [6.07, 6.45) is 2.43. The van der Waals surface area contributed by atoms with E-state index in [2.05, 4.69) is 6.07 Å². The molecule has 32 heavy (non-hydrogen) atoms. The number of piperidine rings is 1. The Bertz CT molecular complexity index is 981. The summed E-state index contributed by atoms with van der Waals surface area (Å²) in [4.78, 5) is 15.9. The van der Waals surface area contributed by atoms with Crippen LogP contribution in [0.2, 0.25) is 0 Å². The van der Waals surface area contributed by atoms with E-state index in [0.29, 0.717) is 50.5 Å². The van der Waals surface area contributed by atoms with Gasteiger partial charge in [-0.25, -0.2) is 4.39 Å². The number of Topliss-reactive ketones (excluding diaryl/α,β-unsaturated/α-hetero) is 1. The maximum Gasteiger partial charge on any atom is 0.154 e. The summed E-state index contributed by atoms with van der Waals surface area (Å²) in [5, 5.41) is 9.01. The van der Waals surface area contributed by atoms with Crippen molar-refractivity contribution in [3.63, 3.8) is 0 Å². The van der Waals surface area contributed by atoms with Crippen LogP contribution in [-0.4, -0.2) is 44.2 Å². The SMILES string of the molecule is CCOc1ccc(F)c(N2CCC(Oc3ccc(N4CC(=O)C[C@@H]4CC#N)cc3)CC2)c1. The van der Waals surface area contributed by atoms with Gasteiger partial charge in [-0.1, -0.05) is 0 Å². The summed E-state index contributed by atoms with van der Waals surface area (Å²) < 4.78 is 26.0. The second-order valence-electron chi connectivity index (χ2n) is 8.23. The highest BCUT2D eigenvalue weighted by Crippen LogP contribution is 2.30. The molecule has 2 aromatic rings. The molecule has 6 nitrogen and oxygen atoms in total. The second-order valence-corrected chi connectivity index (χ2v) is 8.23. The molecule has 1 atom stereocenters. The fourth-order valence-electron chi connectivity index (χ4n) is 4.46. The molecule has 4 rings (SSSR count). The van der Waals surface area contributed by atoms with Crippen molar-refractivity contribution in [2.45, 2.75) is 44.8 Å². The Balaban J connectivity index is 1.33. The van der Waals surface area contributed by atoms with Crippen LogP contribution >= 0.6 is 0 Å². The first-order valence-corrected chi connectivity index (χ1v) is 11.2. The van der Waals surface area contributed by atoms with Gasteiger partial charge in [-0.15, -0.1) is 0 Å². The molecule has 0 aliphatic carbocycles. The highest BCUT2D eigenvalue weighted by atomic mass is 19.1. The molecule has 2 aliphatic heterocycles. The lowest BCUT2D eigenvalue weighted by atomic mass is 10.1. The number of ether oxygens (including phenoxy) is 2. The van der Waals surface area contributed by atoms with E-state index < -0.39 is 0 Å². The topological polar surface area (TPSA) is 65.8 Å². The van der Waals surface area contributed by atoms with Crippen molar-refractivity contribution in [3.05, 3.63) is 48.3 Å². The average Bonchev–Trinajstić information content (AvgIpc) is 3.17. The van der Waals surface area contributed by atoms with Crippen molar-refractivity contribution < 1.29 is 18.7 Å². The molecule has 0 spiro atoms. The molecule has 7 heteroatoms. The lowest BCUT2D eigenvalue weighted by molar-refractivity contribution is -0.116. The van der Waals surface area contributed by atoms with Gasteiger partial charge in [-0.2, -0.15) is 5.26 Å². The third-order valence-corrected chi connectivity index (χ3v) is 6.06. The number of rotatable bonds is 7. The predicted molar refractivity (Wildman–Crippen MR) is 121 cm³/mol. The maximum absolute atomic E-state index is 14.3. The van der Waals surface area contributed by atoms with Crippen LogP contribution in [0.25, 0.3) is 0 Å². The molecule has 0 aromatic heterocycles. The normalized spacial score (nSPS) is 19.2. The Kier molecular flexibility index (Phi) is 6.79. The molecule has 168 valence electrons. The standard InChI is InChI=1S/C25H28FN3O3/c1-2-31-23-7-8-24(26)25(16-23)28-13-10-22(11-14-28)32-21-5-3-18(4-6-21)29-17-20(30)15-19(29)9-12-27/h3-8,16,19,22H,2,9-11,13-15,17H2,1H3/t19-/m0/s1. The van der Waals surface area contributed by atoms with Crippen LogP contribution in [0.15, 0.2) is 42.5 Å². The monoisotopic (exact) mass is 437 g/mol. The third kappa shape index (κ3) is 4.96. The van der Waals surface area contributed by atoms with Crippen molar-refractivity contribution in [2.75, 3.05) is 36.0 Å². The van der Waals surface area contributed by atoms with Crippen molar-refractivity contribution in [1.82, 2.24) is 0 Å². The van der Waals surface area contributed by atoms with Gasteiger partial charge in [0.15, 0.2) is 5.78 Å². The lowest BCUT2D eigenvalue weighted by Gasteiger charge is -2.34. The molecule has 0 amide bonds. The van der Waals surface area contributed by atoms with E-state index in [9.17, 15) is 9.18 Å². The summed E-state index contributed by atoms with van der Waals surface area (Å²) in [5.74, 6) is 1.39. The minimum absolute atomic E-state index is 0.0507. The summed E-state index contributed by atoms with van der Waals surface area (Å²) in [7, 11) is 0. The van der Waals surface area contributed by atoms with E-state index in [1.54, 1.807) is 12.1 Å². The molecule has 0 saturated carbocycles. The zero-order chi connectivity index (χ0) is 22.5. The summed E-state index contributed by atoms with van der Waals surface area (Å²) in [5.41, 5.74) is 1.51. The van der Waals surface area contributed by atoms with Crippen LogP contribution < -0.4 is 19.3 Å². The van der Waals surface area contributed by atoms with E-state index in [-0.39, 0.29) is 23.7 Å². The van der Waals surface area contributed by atoms with Crippen LogP contribution in [0.3, 0.4) is 0 Å². The number of nitriles is 1. The smallest absolute Gasteiger partial charge is 0.154 e. The second kappa shape index (κ2) is 9.90. The van der Waals surface area contributed by atoms with Gasteiger partial charge in [0.1, 0.15) is 23.4 Å². The number of halogens is 1. The minimum atomic E-state index is -0.237. The van der Waals surface area contributed by atoms with Gasteiger partial charge in [0, 0.05) is 50.1 Å². The van der Waals surface area contributed by atoms with E-state index >= 15 is 0 Å². The van der Waals surface area contributed by atoms with E-state index in [4.69, 9.17) is 14.7 Å². The number of nitrogens with zero attached hydrogens (tertiary/aromatic N) is 3. The number of hydrogen-bond acceptors (Lipinski definition) is 6. The number of benzene rings is 2. The number of ketones is 1. The first kappa shape index (κ1) is 21.9. The fraction of sp³-hybridized carbons (Fsp3) is 0.440. The molecule has 0 radical (unpaired) electrons. The molecule has 0 bridgehead atoms. The molecule has 0 unspecified atom stereocenters. The van der Waals surface area contributed by atoms with Gasteiger partial charge in [0.05, 0.1) is 31.3 Å². The number of carbonyl (C=O) groups excluding carboxylic acids is 1. The summed E-state index contributed by atoms with van der Waals surface area (Å²) in [6.45, 7) is 4.23. The van der Waals surface area contributed by atoms with Crippen LogP contribution in [0.1, 0.15) is 32.6 Å². The van der Waals surface area contributed by atoms with Gasteiger partial charge in [0.2, 0.25) is 0 Å². The molecule has 2 fully saturated rings. The number of hydrogen-bond donors (Lipinski definition) is 0.